The molecule has 2 atom stereocenters. The molecular formula is C13H20O2S. The van der Waals surface area contributed by atoms with Gasteiger partial charge in [-0.25, -0.2) is 4.79 Å². The molecule has 3 heteroatoms. The summed E-state index contributed by atoms with van der Waals surface area (Å²) in [6.07, 6.45) is 4.85. The van der Waals surface area contributed by atoms with Gasteiger partial charge in [0.1, 0.15) is 6.61 Å². The summed E-state index contributed by atoms with van der Waals surface area (Å²) in [5.41, 5.74) is 0.908. The van der Waals surface area contributed by atoms with Crippen molar-refractivity contribution in [2.24, 2.45) is 11.3 Å². The maximum atomic E-state index is 11.8. The Labute approximate surface area is 102 Å². The minimum absolute atomic E-state index is 0.152. The summed E-state index contributed by atoms with van der Waals surface area (Å²) >= 11 is 1.80. The maximum absolute atomic E-state index is 11.8. The number of carbonyl (C=O) groups excluding carboxylic acids is 1. The number of hydrogen-bond acceptors (Lipinski definition) is 3. The van der Waals surface area contributed by atoms with E-state index in [1.165, 1.54) is 19.3 Å². The second-order valence-electron chi connectivity index (χ2n) is 4.76. The summed E-state index contributed by atoms with van der Waals surface area (Å²) in [5.74, 6) is 2.55. The number of ether oxygens (including phenoxy) is 1. The molecule has 2 aliphatic rings. The minimum atomic E-state index is -0.152. The molecule has 0 radical (unpaired) electrons. The molecule has 0 heterocycles. The van der Waals surface area contributed by atoms with E-state index < -0.39 is 0 Å². The Hall–Kier alpha value is -0.440. The van der Waals surface area contributed by atoms with E-state index in [4.69, 9.17) is 4.74 Å². The number of carbonyl (C=O) groups is 1. The SMILES string of the molecule is C=C(C(=O)OCCSCC)C12CCCC1C2. The van der Waals surface area contributed by atoms with Gasteiger partial charge in [0.25, 0.3) is 0 Å². The second kappa shape index (κ2) is 4.82. The molecule has 0 saturated heterocycles. The van der Waals surface area contributed by atoms with E-state index in [-0.39, 0.29) is 11.4 Å². The van der Waals surface area contributed by atoms with Gasteiger partial charge in [0.2, 0.25) is 0 Å². The number of thioether (sulfide) groups is 1. The molecule has 2 aliphatic carbocycles. The summed E-state index contributed by atoms with van der Waals surface area (Å²) in [4.78, 5) is 11.8. The predicted molar refractivity (Wildman–Crippen MR) is 67.5 cm³/mol. The molecule has 0 bridgehead atoms. The van der Waals surface area contributed by atoms with E-state index in [2.05, 4.69) is 13.5 Å². The lowest BCUT2D eigenvalue weighted by atomic mass is 9.94. The van der Waals surface area contributed by atoms with Crippen molar-refractivity contribution in [3.05, 3.63) is 12.2 Å². The fourth-order valence-electron chi connectivity index (χ4n) is 2.88. The van der Waals surface area contributed by atoms with Crippen molar-refractivity contribution < 1.29 is 9.53 Å². The Morgan fingerprint density at radius 3 is 3.00 bits per heavy atom. The van der Waals surface area contributed by atoms with E-state index in [1.807, 2.05) is 0 Å². The van der Waals surface area contributed by atoms with Crippen molar-refractivity contribution in [3.8, 4) is 0 Å². The van der Waals surface area contributed by atoms with Crippen LogP contribution in [0, 0.1) is 11.3 Å². The average Bonchev–Trinajstić information content (AvgIpc) is 2.86. The van der Waals surface area contributed by atoms with Gasteiger partial charge < -0.3 is 4.74 Å². The molecule has 0 amide bonds. The number of rotatable bonds is 6. The standard InChI is InChI=1S/C13H20O2S/c1-3-16-8-7-15-12(14)10(2)13-6-4-5-11(13)9-13/h11H,2-9H2,1H3. The topological polar surface area (TPSA) is 26.3 Å². The van der Waals surface area contributed by atoms with Crippen molar-refractivity contribution in [3.63, 3.8) is 0 Å². The van der Waals surface area contributed by atoms with Crippen LogP contribution >= 0.6 is 11.8 Å². The van der Waals surface area contributed by atoms with E-state index in [9.17, 15) is 4.79 Å². The van der Waals surface area contributed by atoms with Crippen LogP contribution in [0.2, 0.25) is 0 Å². The first-order chi connectivity index (χ1) is 7.70. The third-order valence-corrected chi connectivity index (χ3v) is 4.78. The zero-order chi connectivity index (χ0) is 11.6. The van der Waals surface area contributed by atoms with Gasteiger partial charge in [0.15, 0.2) is 0 Å². The fourth-order valence-corrected chi connectivity index (χ4v) is 3.37. The van der Waals surface area contributed by atoms with E-state index in [0.29, 0.717) is 6.61 Å². The van der Waals surface area contributed by atoms with Crippen molar-refractivity contribution in [2.45, 2.75) is 32.6 Å². The van der Waals surface area contributed by atoms with Crippen LogP contribution < -0.4 is 0 Å². The highest BCUT2D eigenvalue weighted by Crippen LogP contribution is 2.67. The molecular weight excluding hydrogens is 220 g/mol. The summed E-state index contributed by atoms with van der Waals surface area (Å²) in [5, 5.41) is 0. The van der Waals surface area contributed by atoms with Crippen molar-refractivity contribution in [2.75, 3.05) is 18.1 Å². The molecule has 2 unspecified atom stereocenters. The van der Waals surface area contributed by atoms with Crippen LogP contribution in [0.15, 0.2) is 12.2 Å². The smallest absolute Gasteiger partial charge is 0.334 e. The predicted octanol–water partition coefficient (Wildman–Crippen LogP) is 3.03. The maximum Gasteiger partial charge on any atom is 0.334 e. The Bertz CT molecular complexity index is 300. The Morgan fingerprint density at radius 1 is 1.62 bits per heavy atom. The highest BCUT2D eigenvalue weighted by Gasteiger charge is 2.60. The number of hydrogen-bond donors (Lipinski definition) is 0. The van der Waals surface area contributed by atoms with Gasteiger partial charge in [-0.3, -0.25) is 0 Å². The zero-order valence-corrected chi connectivity index (χ0v) is 10.8. The van der Waals surface area contributed by atoms with Gasteiger partial charge in [-0.1, -0.05) is 19.9 Å². The molecule has 0 aromatic carbocycles. The highest BCUT2D eigenvalue weighted by atomic mass is 32.2. The Balaban J connectivity index is 1.75. The van der Waals surface area contributed by atoms with Crippen LogP contribution in [0.25, 0.3) is 0 Å². The van der Waals surface area contributed by atoms with Crippen LogP contribution in [0.3, 0.4) is 0 Å². The van der Waals surface area contributed by atoms with Crippen LogP contribution in [0.4, 0.5) is 0 Å². The lowest BCUT2D eigenvalue weighted by molar-refractivity contribution is -0.139. The van der Waals surface area contributed by atoms with Crippen LogP contribution in [-0.4, -0.2) is 24.1 Å². The van der Waals surface area contributed by atoms with Gasteiger partial charge in [-0.2, -0.15) is 11.8 Å². The molecule has 2 saturated carbocycles. The second-order valence-corrected chi connectivity index (χ2v) is 6.15. The molecule has 0 aromatic heterocycles. The van der Waals surface area contributed by atoms with Gasteiger partial charge in [-0.15, -0.1) is 0 Å². The normalized spacial score (nSPS) is 30.9. The highest BCUT2D eigenvalue weighted by molar-refractivity contribution is 7.99. The number of esters is 1. The van der Waals surface area contributed by atoms with E-state index in [1.54, 1.807) is 11.8 Å². The Kier molecular flexibility index (Phi) is 3.63. The van der Waals surface area contributed by atoms with Gasteiger partial charge in [-0.05, 0) is 30.9 Å². The fraction of sp³-hybridized carbons (Fsp3) is 0.769. The largest absolute Gasteiger partial charge is 0.461 e. The average molecular weight is 240 g/mol. The quantitative estimate of drug-likeness (QED) is 0.405. The molecule has 2 rings (SSSR count). The monoisotopic (exact) mass is 240 g/mol. The van der Waals surface area contributed by atoms with Crippen molar-refractivity contribution in [1.82, 2.24) is 0 Å². The first kappa shape index (κ1) is 12.0. The molecule has 90 valence electrons. The first-order valence-electron chi connectivity index (χ1n) is 6.15. The summed E-state index contributed by atoms with van der Waals surface area (Å²) < 4.78 is 5.25. The van der Waals surface area contributed by atoms with Gasteiger partial charge in [0.05, 0.1) is 0 Å². The van der Waals surface area contributed by atoms with Crippen LogP contribution in [0.5, 0.6) is 0 Å². The molecule has 0 spiro atoms. The molecule has 2 fully saturated rings. The molecule has 16 heavy (non-hydrogen) atoms. The van der Waals surface area contributed by atoms with Gasteiger partial charge >= 0.3 is 5.97 Å². The van der Waals surface area contributed by atoms with E-state index >= 15 is 0 Å². The third-order valence-electron chi connectivity index (χ3n) is 3.92. The van der Waals surface area contributed by atoms with Crippen LogP contribution in [-0.2, 0) is 9.53 Å². The van der Waals surface area contributed by atoms with Crippen molar-refractivity contribution in [1.29, 1.82) is 0 Å². The van der Waals surface area contributed by atoms with Crippen molar-refractivity contribution >= 4 is 17.7 Å². The summed E-state index contributed by atoms with van der Waals surface area (Å²) in [7, 11) is 0. The molecule has 0 aliphatic heterocycles. The molecule has 2 nitrogen and oxygen atoms in total. The van der Waals surface area contributed by atoms with Crippen LogP contribution in [0.1, 0.15) is 32.6 Å². The Morgan fingerprint density at radius 2 is 2.44 bits per heavy atom. The molecule has 0 aromatic rings. The third kappa shape index (κ3) is 2.15. The first-order valence-corrected chi connectivity index (χ1v) is 7.30. The zero-order valence-electron chi connectivity index (χ0n) is 9.96. The lowest BCUT2D eigenvalue weighted by Crippen LogP contribution is -2.17. The lowest BCUT2D eigenvalue weighted by Gasteiger charge is -2.14. The summed E-state index contributed by atoms with van der Waals surface area (Å²) in [6.45, 7) is 6.60. The minimum Gasteiger partial charge on any atom is -0.461 e. The van der Waals surface area contributed by atoms with Gasteiger partial charge in [0, 0.05) is 16.7 Å². The van der Waals surface area contributed by atoms with E-state index in [0.717, 1.165) is 29.4 Å². The summed E-state index contributed by atoms with van der Waals surface area (Å²) in [6, 6.07) is 0. The molecule has 0 N–H and O–H groups in total. The number of fused-ring (bicyclic) bond motifs is 1.